The number of carboxylic acid groups (broad SMARTS) is 1. The molecule has 1 N–H and O–H groups in total. The number of para-hydroxylation sites is 1. The van der Waals surface area contributed by atoms with E-state index in [0.717, 1.165) is 17.1 Å². The van der Waals surface area contributed by atoms with Crippen LogP contribution < -0.4 is 0 Å². The lowest BCUT2D eigenvalue weighted by Crippen LogP contribution is -2.45. The molecule has 6 nitrogen and oxygen atoms in total. The molecule has 0 aliphatic carbocycles. The molecule has 1 amide bonds. The van der Waals surface area contributed by atoms with Gasteiger partial charge in [0.2, 0.25) is 0 Å². The maximum absolute atomic E-state index is 13.3. The van der Waals surface area contributed by atoms with Crippen molar-refractivity contribution in [3.8, 4) is 5.69 Å². The Labute approximate surface area is 158 Å². The summed E-state index contributed by atoms with van der Waals surface area (Å²) in [5.74, 6) is -1.06. The van der Waals surface area contributed by atoms with E-state index in [4.69, 9.17) is 4.74 Å². The summed E-state index contributed by atoms with van der Waals surface area (Å²) in [4.78, 5) is 26.9. The number of nitrogens with zero attached hydrogens (tertiary/aromatic N) is 2. The van der Waals surface area contributed by atoms with E-state index in [1.54, 1.807) is 4.90 Å². The van der Waals surface area contributed by atoms with Gasteiger partial charge in [-0.2, -0.15) is 0 Å². The molecule has 4 rings (SSSR count). The standard InChI is InChI=1S/C21H24N2O4/c1-14-10-18(15(2)23(14)17-6-4-3-5-7-17)19(24)22-11-16-12-27-9-8-21(16,13-22)20(25)26/h3-7,10,16H,8-9,11-13H2,1-2H3,(H,25,26)/t16-,21+/m0/s1. The maximum atomic E-state index is 13.3. The van der Waals surface area contributed by atoms with Gasteiger partial charge in [-0.1, -0.05) is 18.2 Å². The number of carboxylic acids is 1. The summed E-state index contributed by atoms with van der Waals surface area (Å²) in [7, 11) is 0. The molecule has 0 spiro atoms. The second-order valence-corrected chi connectivity index (χ2v) is 7.62. The van der Waals surface area contributed by atoms with Crippen molar-refractivity contribution in [1.29, 1.82) is 0 Å². The van der Waals surface area contributed by atoms with Crippen molar-refractivity contribution in [3.05, 3.63) is 53.3 Å². The molecule has 2 aliphatic rings. The number of hydrogen-bond donors (Lipinski definition) is 1. The summed E-state index contributed by atoms with van der Waals surface area (Å²) in [6.45, 7) is 5.44. The van der Waals surface area contributed by atoms with E-state index < -0.39 is 11.4 Å². The number of amides is 1. The third-order valence-corrected chi connectivity index (χ3v) is 6.10. The second kappa shape index (κ2) is 6.53. The zero-order valence-electron chi connectivity index (χ0n) is 15.6. The van der Waals surface area contributed by atoms with Crippen LogP contribution in [0.4, 0.5) is 0 Å². The molecule has 2 fully saturated rings. The number of aryl methyl sites for hydroxylation is 1. The smallest absolute Gasteiger partial charge is 0.311 e. The highest BCUT2D eigenvalue weighted by atomic mass is 16.5. The van der Waals surface area contributed by atoms with E-state index in [2.05, 4.69) is 4.57 Å². The van der Waals surface area contributed by atoms with Gasteiger partial charge in [-0.3, -0.25) is 9.59 Å². The average Bonchev–Trinajstić information content (AvgIpc) is 3.20. The zero-order chi connectivity index (χ0) is 19.2. The molecule has 0 radical (unpaired) electrons. The van der Waals surface area contributed by atoms with Crippen LogP contribution in [0.2, 0.25) is 0 Å². The number of carbonyl (C=O) groups is 2. The lowest BCUT2D eigenvalue weighted by atomic mass is 9.74. The SMILES string of the molecule is Cc1cc(C(=O)N2C[C@H]3COCC[C@@]3(C(=O)O)C2)c(C)n1-c1ccccc1. The lowest BCUT2D eigenvalue weighted by Gasteiger charge is -2.33. The van der Waals surface area contributed by atoms with Crippen LogP contribution in [0.5, 0.6) is 0 Å². The van der Waals surface area contributed by atoms with Gasteiger partial charge in [-0.25, -0.2) is 0 Å². The minimum atomic E-state index is -0.876. The lowest BCUT2D eigenvalue weighted by molar-refractivity contribution is -0.157. The summed E-state index contributed by atoms with van der Waals surface area (Å²) >= 11 is 0. The topological polar surface area (TPSA) is 71.8 Å². The number of hydrogen-bond acceptors (Lipinski definition) is 3. The van der Waals surface area contributed by atoms with Crippen LogP contribution in [0, 0.1) is 25.2 Å². The molecule has 2 atom stereocenters. The van der Waals surface area contributed by atoms with Crippen molar-refractivity contribution < 1.29 is 19.4 Å². The molecule has 142 valence electrons. The number of likely N-dealkylation sites (tertiary alicyclic amines) is 1. The Balaban J connectivity index is 1.66. The highest BCUT2D eigenvalue weighted by molar-refractivity contribution is 5.96. The van der Waals surface area contributed by atoms with E-state index >= 15 is 0 Å². The van der Waals surface area contributed by atoms with Crippen LogP contribution in [-0.4, -0.2) is 52.8 Å². The van der Waals surface area contributed by atoms with Gasteiger partial charge in [0.15, 0.2) is 0 Å². The fraction of sp³-hybridized carbons (Fsp3) is 0.429. The molecule has 2 saturated heterocycles. The van der Waals surface area contributed by atoms with Gasteiger partial charge in [0.05, 0.1) is 17.6 Å². The van der Waals surface area contributed by atoms with Crippen molar-refractivity contribution in [3.63, 3.8) is 0 Å². The van der Waals surface area contributed by atoms with E-state index in [0.29, 0.717) is 31.7 Å². The van der Waals surface area contributed by atoms with Crippen molar-refractivity contribution in [2.24, 2.45) is 11.3 Å². The van der Waals surface area contributed by atoms with Crippen LogP contribution in [0.1, 0.15) is 28.2 Å². The molecule has 0 bridgehead atoms. The number of rotatable bonds is 3. The number of aromatic nitrogens is 1. The van der Waals surface area contributed by atoms with Crippen molar-refractivity contribution in [2.45, 2.75) is 20.3 Å². The van der Waals surface area contributed by atoms with Gasteiger partial charge in [0.1, 0.15) is 0 Å². The summed E-state index contributed by atoms with van der Waals surface area (Å²) in [6, 6.07) is 11.8. The first-order valence-electron chi connectivity index (χ1n) is 9.29. The van der Waals surface area contributed by atoms with E-state index in [-0.39, 0.29) is 18.4 Å². The Morgan fingerprint density at radius 2 is 1.96 bits per heavy atom. The van der Waals surface area contributed by atoms with Gasteiger partial charge in [-0.15, -0.1) is 0 Å². The number of benzene rings is 1. The highest BCUT2D eigenvalue weighted by Crippen LogP contribution is 2.43. The molecule has 6 heteroatoms. The molecular weight excluding hydrogens is 344 g/mol. The molecule has 1 aromatic carbocycles. The Morgan fingerprint density at radius 1 is 1.22 bits per heavy atom. The van der Waals surface area contributed by atoms with Crippen LogP contribution in [-0.2, 0) is 9.53 Å². The molecule has 2 aliphatic heterocycles. The zero-order valence-corrected chi connectivity index (χ0v) is 15.6. The molecular formula is C21H24N2O4. The monoisotopic (exact) mass is 368 g/mol. The third-order valence-electron chi connectivity index (χ3n) is 6.10. The Bertz CT molecular complexity index is 889. The molecule has 27 heavy (non-hydrogen) atoms. The first-order valence-corrected chi connectivity index (χ1v) is 9.29. The summed E-state index contributed by atoms with van der Waals surface area (Å²) in [5, 5.41) is 9.82. The quantitative estimate of drug-likeness (QED) is 0.904. The van der Waals surface area contributed by atoms with Gasteiger partial charge in [-0.05, 0) is 38.5 Å². The van der Waals surface area contributed by atoms with Crippen LogP contribution in [0.25, 0.3) is 5.69 Å². The summed E-state index contributed by atoms with van der Waals surface area (Å²) in [6.07, 6.45) is 0.458. The largest absolute Gasteiger partial charge is 0.481 e. The van der Waals surface area contributed by atoms with Gasteiger partial charge >= 0.3 is 5.97 Å². The normalized spacial score (nSPS) is 24.7. The van der Waals surface area contributed by atoms with Crippen molar-refractivity contribution in [1.82, 2.24) is 9.47 Å². The fourth-order valence-electron chi connectivity index (χ4n) is 4.58. The Morgan fingerprint density at radius 3 is 2.63 bits per heavy atom. The predicted octanol–water partition coefficient (Wildman–Crippen LogP) is 2.66. The predicted molar refractivity (Wildman–Crippen MR) is 100 cm³/mol. The van der Waals surface area contributed by atoms with Crippen LogP contribution in [0.3, 0.4) is 0 Å². The van der Waals surface area contributed by atoms with E-state index in [1.807, 2.05) is 50.2 Å². The number of aliphatic carboxylic acids is 1. The average molecular weight is 368 g/mol. The van der Waals surface area contributed by atoms with E-state index in [1.165, 1.54) is 0 Å². The summed E-state index contributed by atoms with van der Waals surface area (Å²) in [5.41, 5.74) is 2.63. The first-order chi connectivity index (χ1) is 12.9. The maximum Gasteiger partial charge on any atom is 0.311 e. The number of fused-ring (bicyclic) bond motifs is 1. The summed E-state index contributed by atoms with van der Waals surface area (Å²) < 4.78 is 7.55. The van der Waals surface area contributed by atoms with Crippen molar-refractivity contribution in [2.75, 3.05) is 26.3 Å². The molecule has 0 saturated carbocycles. The fourth-order valence-corrected chi connectivity index (χ4v) is 4.58. The second-order valence-electron chi connectivity index (χ2n) is 7.62. The molecule has 2 aromatic rings. The van der Waals surface area contributed by atoms with E-state index in [9.17, 15) is 14.7 Å². The third kappa shape index (κ3) is 2.75. The Kier molecular flexibility index (Phi) is 4.30. The molecule has 1 aromatic heterocycles. The molecule has 3 heterocycles. The number of ether oxygens (including phenoxy) is 1. The molecule has 0 unspecified atom stereocenters. The number of carbonyl (C=O) groups excluding carboxylic acids is 1. The van der Waals surface area contributed by atoms with Crippen LogP contribution >= 0.6 is 0 Å². The highest BCUT2D eigenvalue weighted by Gasteiger charge is 2.55. The van der Waals surface area contributed by atoms with Gasteiger partial charge in [0, 0.05) is 42.7 Å². The van der Waals surface area contributed by atoms with Gasteiger partial charge in [0.25, 0.3) is 5.91 Å². The van der Waals surface area contributed by atoms with Crippen LogP contribution in [0.15, 0.2) is 36.4 Å². The van der Waals surface area contributed by atoms with Crippen molar-refractivity contribution >= 4 is 11.9 Å². The minimum absolute atomic E-state index is 0.0969. The minimum Gasteiger partial charge on any atom is -0.481 e. The Hall–Kier alpha value is -2.60. The first kappa shape index (κ1) is 17.8. The van der Waals surface area contributed by atoms with Gasteiger partial charge < -0.3 is 19.3 Å².